The highest BCUT2D eigenvalue weighted by molar-refractivity contribution is 7.89. The van der Waals surface area contributed by atoms with Gasteiger partial charge in [-0.2, -0.15) is 4.31 Å². The quantitative estimate of drug-likeness (QED) is 0.690. The number of carbonyl (C=O) groups excluding carboxylic acids is 1. The van der Waals surface area contributed by atoms with Crippen molar-refractivity contribution < 1.29 is 13.2 Å². The number of benzene rings is 1. The maximum absolute atomic E-state index is 13.3. The molecule has 2 aliphatic carbocycles. The molecule has 3 aliphatic rings. The van der Waals surface area contributed by atoms with Gasteiger partial charge >= 0.3 is 0 Å². The van der Waals surface area contributed by atoms with Crippen LogP contribution in [0.1, 0.15) is 65.0 Å². The molecule has 2 atom stereocenters. The van der Waals surface area contributed by atoms with E-state index in [2.05, 4.69) is 63.8 Å². The molecule has 2 saturated carbocycles. The van der Waals surface area contributed by atoms with Crippen molar-refractivity contribution in [2.75, 3.05) is 31.9 Å². The monoisotopic (exact) mass is 446 g/mol. The minimum absolute atomic E-state index is 0.00337. The zero-order valence-corrected chi connectivity index (χ0v) is 20.6. The van der Waals surface area contributed by atoms with Crippen LogP contribution in [0.2, 0.25) is 0 Å². The third-order valence-corrected chi connectivity index (χ3v) is 10.5. The Balaban J connectivity index is 1.37. The van der Waals surface area contributed by atoms with Crippen LogP contribution >= 0.6 is 0 Å². The van der Waals surface area contributed by atoms with Crippen LogP contribution in [0.5, 0.6) is 0 Å². The second-order valence-corrected chi connectivity index (χ2v) is 13.5. The number of carbonyl (C=O) groups is 1. The summed E-state index contributed by atoms with van der Waals surface area (Å²) < 4.78 is 28.3. The summed E-state index contributed by atoms with van der Waals surface area (Å²) in [5.41, 5.74) is 1.84. The lowest BCUT2D eigenvalue weighted by molar-refractivity contribution is -0.128. The van der Waals surface area contributed by atoms with Crippen molar-refractivity contribution in [2.24, 2.45) is 16.7 Å². The van der Waals surface area contributed by atoms with Crippen molar-refractivity contribution >= 4 is 15.8 Å². The Morgan fingerprint density at radius 1 is 1.03 bits per heavy atom. The molecule has 1 saturated heterocycles. The molecular formula is C25H38N2O3S. The molecule has 1 aromatic carbocycles. The van der Waals surface area contributed by atoms with Gasteiger partial charge in [0.1, 0.15) is 5.78 Å². The summed E-state index contributed by atoms with van der Waals surface area (Å²) in [5.74, 6) is 0.516. The number of piperazine rings is 1. The van der Waals surface area contributed by atoms with Gasteiger partial charge in [-0.05, 0) is 40.7 Å². The van der Waals surface area contributed by atoms with Crippen LogP contribution in [0.15, 0.2) is 24.3 Å². The van der Waals surface area contributed by atoms with Gasteiger partial charge in [-0.25, -0.2) is 8.42 Å². The second-order valence-electron chi connectivity index (χ2n) is 11.5. The molecule has 0 aromatic heterocycles. The Morgan fingerprint density at radius 3 is 2.13 bits per heavy atom. The molecule has 31 heavy (non-hydrogen) atoms. The highest BCUT2D eigenvalue weighted by Gasteiger charge is 2.65. The molecule has 172 valence electrons. The fourth-order valence-corrected chi connectivity index (χ4v) is 8.25. The van der Waals surface area contributed by atoms with Gasteiger partial charge in [-0.3, -0.25) is 9.69 Å². The Bertz CT molecular complexity index is 938. The van der Waals surface area contributed by atoms with E-state index in [0.717, 1.165) is 32.5 Å². The summed E-state index contributed by atoms with van der Waals surface area (Å²) in [7, 11) is -3.45. The fraction of sp³-hybridized carbons (Fsp3) is 0.720. The predicted molar refractivity (Wildman–Crippen MR) is 124 cm³/mol. The predicted octanol–water partition coefficient (Wildman–Crippen LogP) is 3.83. The number of rotatable bonds is 5. The molecule has 1 aromatic rings. The van der Waals surface area contributed by atoms with Gasteiger partial charge in [0.2, 0.25) is 10.0 Å². The lowest BCUT2D eigenvalue weighted by Crippen LogP contribution is -2.52. The molecule has 0 radical (unpaired) electrons. The summed E-state index contributed by atoms with van der Waals surface area (Å²) in [4.78, 5) is 15.1. The fourth-order valence-electron chi connectivity index (χ4n) is 6.05. The Morgan fingerprint density at radius 2 is 1.65 bits per heavy atom. The summed E-state index contributed by atoms with van der Waals surface area (Å²) in [6.45, 7) is 14.2. The van der Waals surface area contributed by atoms with Crippen molar-refractivity contribution in [1.82, 2.24) is 9.21 Å². The SMILES string of the molecule is CC(C)(C)c1ccc(CN2CCN(S(=O)(=O)CC34CCC(CC3=O)C4(C)C)CC2)cc1. The average molecular weight is 447 g/mol. The molecule has 2 bridgehead atoms. The first-order valence-corrected chi connectivity index (χ1v) is 13.3. The Kier molecular flexibility index (Phi) is 5.67. The van der Waals surface area contributed by atoms with Gasteiger partial charge in [-0.1, -0.05) is 58.9 Å². The third kappa shape index (κ3) is 4.00. The van der Waals surface area contributed by atoms with Crippen molar-refractivity contribution in [3.8, 4) is 0 Å². The minimum atomic E-state index is -3.45. The molecule has 5 nitrogen and oxygen atoms in total. The third-order valence-electron chi connectivity index (χ3n) is 8.52. The van der Waals surface area contributed by atoms with E-state index < -0.39 is 15.4 Å². The molecule has 1 aliphatic heterocycles. The van der Waals surface area contributed by atoms with Gasteiger partial charge in [-0.15, -0.1) is 0 Å². The van der Waals surface area contributed by atoms with E-state index in [0.29, 0.717) is 25.4 Å². The van der Waals surface area contributed by atoms with Crippen molar-refractivity contribution in [3.63, 3.8) is 0 Å². The van der Waals surface area contributed by atoms with Gasteiger partial charge in [0.15, 0.2) is 0 Å². The van der Waals surface area contributed by atoms with Crippen molar-refractivity contribution in [1.29, 1.82) is 0 Å². The molecule has 3 fully saturated rings. The number of Topliss-reactive ketones (excluding diaryl/α,β-unsaturated/α-hetero) is 1. The average Bonchev–Trinajstić information content (AvgIpc) is 3.02. The van der Waals surface area contributed by atoms with Crippen LogP contribution in [0, 0.1) is 16.7 Å². The first-order chi connectivity index (χ1) is 14.3. The normalized spacial score (nSPS) is 29.6. The second kappa shape index (κ2) is 7.67. The molecular weight excluding hydrogens is 408 g/mol. The zero-order valence-electron chi connectivity index (χ0n) is 19.8. The van der Waals surface area contributed by atoms with Crippen LogP contribution in [0.25, 0.3) is 0 Å². The Labute approximate surface area is 188 Å². The van der Waals surface area contributed by atoms with Gasteiger partial charge in [0.05, 0.1) is 5.75 Å². The lowest BCUT2D eigenvalue weighted by Gasteiger charge is -2.39. The van der Waals surface area contributed by atoms with Crippen molar-refractivity contribution in [2.45, 2.75) is 65.8 Å². The van der Waals surface area contributed by atoms with E-state index in [4.69, 9.17) is 0 Å². The molecule has 2 unspecified atom stereocenters. The number of hydrogen-bond acceptors (Lipinski definition) is 4. The topological polar surface area (TPSA) is 57.7 Å². The van der Waals surface area contributed by atoms with E-state index in [1.165, 1.54) is 11.1 Å². The highest BCUT2D eigenvalue weighted by atomic mass is 32.2. The van der Waals surface area contributed by atoms with E-state index in [1.54, 1.807) is 4.31 Å². The largest absolute Gasteiger partial charge is 0.299 e. The molecule has 0 amide bonds. The lowest BCUT2D eigenvalue weighted by atomic mass is 9.70. The van der Waals surface area contributed by atoms with E-state index in [1.807, 2.05) is 0 Å². The van der Waals surface area contributed by atoms with Gasteiger partial charge < -0.3 is 0 Å². The maximum Gasteiger partial charge on any atom is 0.215 e. The number of ketones is 1. The van der Waals surface area contributed by atoms with Crippen molar-refractivity contribution in [3.05, 3.63) is 35.4 Å². The summed E-state index contributed by atoms with van der Waals surface area (Å²) in [6.07, 6.45) is 2.27. The van der Waals surface area contributed by atoms with Crippen LogP contribution in [0.4, 0.5) is 0 Å². The van der Waals surface area contributed by atoms with Crippen LogP contribution in [0.3, 0.4) is 0 Å². The van der Waals surface area contributed by atoms with Crippen LogP contribution in [-0.4, -0.2) is 55.3 Å². The first-order valence-electron chi connectivity index (χ1n) is 11.7. The number of hydrogen-bond donors (Lipinski definition) is 0. The number of sulfonamides is 1. The van der Waals surface area contributed by atoms with Crippen LogP contribution < -0.4 is 0 Å². The standard InChI is InChI=1S/C25H38N2O3S/c1-23(2,3)20-8-6-19(7-9-20)17-26-12-14-27(15-13-26)31(29,30)18-25-11-10-21(16-22(25)28)24(25,4)5/h6-9,21H,10-18H2,1-5H3. The van der Waals surface area contributed by atoms with E-state index in [-0.39, 0.29) is 22.4 Å². The molecule has 0 N–H and O–H groups in total. The smallest absolute Gasteiger partial charge is 0.215 e. The zero-order chi connectivity index (χ0) is 22.7. The number of nitrogens with zero attached hydrogens (tertiary/aromatic N) is 2. The van der Waals surface area contributed by atoms with Gasteiger partial charge in [0.25, 0.3) is 0 Å². The van der Waals surface area contributed by atoms with E-state index >= 15 is 0 Å². The summed E-state index contributed by atoms with van der Waals surface area (Å²) in [6, 6.07) is 8.77. The molecule has 6 heteroatoms. The number of fused-ring (bicyclic) bond motifs is 2. The molecule has 4 rings (SSSR count). The van der Waals surface area contributed by atoms with E-state index in [9.17, 15) is 13.2 Å². The molecule has 0 spiro atoms. The first kappa shape index (κ1) is 22.9. The Hall–Kier alpha value is -1.24. The summed E-state index contributed by atoms with van der Waals surface area (Å²) >= 11 is 0. The summed E-state index contributed by atoms with van der Waals surface area (Å²) in [5, 5.41) is 0. The maximum atomic E-state index is 13.3. The van der Waals surface area contributed by atoms with Crippen LogP contribution in [-0.2, 0) is 26.8 Å². The highest BCUT2D eigenvalue weighted by Crippen LogP contribution is 2.64. The van der Waals surface area contributed by atoms with Gasteiger partial charge in [0, 0.05) is 44.6 Å². The minimum Gasteiger partial charge on any atom is -0.299 e. The molecule has 1 heterocycles.